The van der Waals surface area contributed by atoms with E-state index < -0.39 is 35.6 Å². The summed E-state index contributed by atoms with van der Waals surface area (Å²) in [6.07, 6.45) is 2.72. The molecule has 3 rings (SSSR count). The van der Waals surface area contributed by atoms with Crippen LogP contribution in [0, 0.1) is 0 Å². The summed E-state index contributed by atoms with van der Waals surface area (Å²) < 4.78 is 8.13. The molecule has 0 aliphatic heterocycles. The van der Waals surface area contributed by atoms with Crippen molar-refractivity contribution in [3.8, 4) is 0 Å². The first-order valence-corrected chi connectivity index (χ1v) is 9.31. The molecule has 0 saturated carbocycles. The van der Waals surface area contributed by atoms with Crippen LogP contribution in [-0.2, 0) is 24.4 Å². The van der Waals surface area contributed by atoms with Gasteiger partial charge < -0.3 is 9.73 Å². The second kappa shape index (κ2) is 8.64. The van der Waals surface area contributed by atoms with E-state index in [9.17, 15) is 19.2 Å². The van der Waals surface area contributed by atoms with Crippen molar-refractivity contribution in [3.05, 3.63) is 92.9 Å². The third-order valence-corrected chi connectivity index (χ3v) is 4.56. The number of aromatic nitrogens is 3. The van der Waals surface area contributed by atoms with Gasteiger partial charge in [-0.25, -0.2) is 28.1 Å². The number of fused-ring (bicyclic) bond motifs is 1. The van der Waals surface area contributed by atoms with Gasteiger partial charge in [0.05, 0.1) is 19.1 Å². The van der Waals surface area contributed by atoms with Gasteiger partial charge in [0.25, 0.3) is 0 Å². The Morgan fingerprint density at radius 2 is 1.60 bits per heavy atom. The van der Waals surface area contributed by atoms with Crippen molar-refractivity contribution in [1.29, 1.82) is 0 Å². The predicted molar refractivity (Wildman–Crippen MR) is 112 cm³/mol. The second-order valence-corrected chi connectivity index (χ2v) is 6.71. The zero-order valence-corrected chi connectivity index (χ0v) is 16.5. The van der Waals surface area contributed by atoms with Crippen LogP contribution < -0.4 is 22.4 Å². The molecule has 1 aromatic carbocycles. The lowest BCUT2D eigenvalue weighted by molar-refractivity contribution is -0.122. The van der Waals surface area contributed by atoms with Gasteiger partial charge in [-0.15, -0.1) is 13.2 Å². The first-order valence-electron chi connectivity index (χ1n) is 9.31. The number of nitrogens with zero attached hydrogens (tertiary/aromatic N) is 3. The van der Waals surface area contributed by atoms with Crippen LogP contribution in [0.2, 0.25) is 0 Å². The van der Waals surface area contributed by atoms with Crippen molar-refractivity contribution in [3.63, 3.8) is 0 Å². The lowest BCUT2D eigenvalue weighted by Gasteiger charge is -2.14. The number of amides is 1. The SMILES string of the molecule is C=CCn1c(=O)n(CC=C)c(=O)n(CC(=O)NC(C)c2cc3ccccc3o2)c1=O. The number of hydrogen-bond donors (Lipinski definition) is 1. The van der Waals surface area contributed by atoms with Crippen molar-refractivity contribution >= 4 is 16.9 Å². The van der Waals surface area contributed by atoms with E-state index in [2.05, 4.69) is 18.5 Å². The summed E-state index contributed by atoms with van der Waals surface area (Å²) in [6, 6.07) is 8.75. The first-order chi connectivity index (χ1) is 14.4. The number of benzene rings is 1. The van der Waals surface area contributed by atoms with Gasteiger partial charge in [0.1, 0.15) is 17.9 Å². The number of carbonyl (C=O) groups is 1. The maximum Gasteiger partial charge on any atom is 0.337 e. The zero-order valence-electron chi connectivity index (χ0n) is 16.5. The molecule has 2 heterocycles. The molecule has 0 bridgehead atoms. The van der Waals surface area contributed by atoms with E-state index in [0.29, 0.717) is 11.3 Å². The standard InChI is InChI=1S/C21H22N4O5/c1-4-10-23-19(27)24(11-5-2)21(29)25(20(23)28)13-18(26)22-14(3)17-12-15-8-6-7-9-16(15)30-17/h4-9,12,14H,1-2,10-11,13H2,3H3,(H,22,26). The third-order valence-electron chi connectivity index (χ3n) is 4.56. The normalized spacial score (nSPS) is 11.9. The van der Waals surface area contributed by atoms with E-state index in [0.717, 1.165) is 19.1 Å². The van der Waals surface area contributed by atoms with Crippen molar-refractivity contribution in [2.45, 2.75) is 32.6 Å². The minimum Gasteiger partial charge on any atom is -0.459 e. The van der Waals surface area contributed by atoms with Gasteiger partial charge in [-0.3, -0.25) is 4.79 Å². The first kappa shape index (κ1) is 20.8. The minimum absolute atomic E-state index is 0.0912. The molecular weight excluding hydrogens is 388 g/mol. The maximum atomic E-state index is 12.6. The Labute approximate surface area is 171 Å². The Morgan fingerprint density at radius 3 is 2.17 bits per heavy atom. The number of rotatable bonds is 8. The van der Waals surface area contributed by atoms with Crippen LogP contribution in [0.1, 0.15) is 18.7 Å². The Hall–Kier alpha value is -3.88. The average Bonchev–Trinajstić information content (AvgIpc) is 3.16. The molecule has 0 radical (unpaired) electrons. The highest BCUT2D eigenvalue weighted by molar-refractivity contribution is 5.79. The van der Waals surface area contributed by atoms with Crippen LogP contribution in [0.3, 0.4) is 0 Å². The fourth-order valence-corrected chi connectivity index (χ4v) is 3.11. The quantitative estimate of drug-likeness (QED) is 0.561. The minimum atomic E-state index is -0.878. The zero-order chi connectivity index (χ0) is 21.8. The maximum absolute atomic E-state index is 12.6. The lowest BCUT2D eigenvalue weighted by atomic mass is 10.2. The van der Waals surface area contributed by atoms with Crippen molar-refractivity contribution in [2.24, 2.45) is 0 Å². The second-order valence-electron chi connectivity index (χ2n) is 6.71. The molecule has 0 saturated heterocycles. The monoisotopic (exact) mass is 410 g/mol. The molecule has 0 spiro atoms. The smallest absolute Gasteiger partial charge is 0.337 e. The summed E-state index contributed by atoms with van der Waals surface area (Å²) in [6.45, 7) is 8.03. The number of hydrogen-bond acceptors (Lipinski definition) is 5. The summed E-state index contributed by atoms with van der Waals surface area (Å²) in [5.74, 6) is -0.0336. The Bertz CT molecular complexity index is 1210. The van der Waals surface area contributed by atoms with Crippen LogP contribution in [-0.4, -0.2) is 19.6 Å². The van der Waals surface area contributed by atoms with Crippen LogP contribution in [0.4, 0.5) is 0 Å². The topological polar surface area (TPSA) is 108 Å². The molecule has 0 aliphatic carbocycles. The molecule has 30 heavy (non-hydrogen) atoms. The predicted octanol–water partition coefficient (Wildman–Crippen LogP) is 1.17. The largest absolute Gasteiger partial charge is 0.459 e. The Balaban J connectivity index is 1.89. The lowest BCUT2D eigenvalue weighted by Crippen LogP contribution is -2.55. The number of nitrogens with one attached hydrogen (secondary N) is 1. The molecule has 3 aromatic rings. The molecule has 0 aliphatic rings. The van der Waals surface area contributed by atoms with Gasteiger partial charge in [0.15, 0.2) is 0 Å². The van der Waals surface area contributed by atoms with Gasteiger partial charge in [-0.2, -0.15) is 0 Å². The summed E-state index contributed by atoms with van der Waals surface area (Å²) in [7, 11) is 0. The average molecular weight is 410 g/mol. The molecule has 1 atom stereocenters. The molecular formula is C21H22N4O5. The molecule has 9 nitrogen and oxygen atoms in total. The number of carbonyl (C=O) groups excluding carboxylic acids is 1. The molecule has 1 unspecified atom stereocenters. The van der Waals surface area contributed by atoms with Gasteiger partial charge in [0.2, 0.25) is 5.91 Å². The van der Waals surface area contributed by atoms with Gasteiger partial charge in [-0.1, -0.05) is 30.4 Å². The van der Waals surface area contributed by atoms with E-state index >= 15 is 0 Å². The van der Waals surface area contributed by atoms with Crippen LogP contribution in [0.15, 0.2) is 74.4 Å². The van der Waals surface area contributed by atoms with Crippen LogP contribution in [0.5, 0.6) is 0 Å². The fraction of sp³-hybridized carbons (Fsp3) is 0.238. The van der Waals surface area contributed by atoms with E-state index in [4.69, 9.17) is 4.42 Å². The van der Waals surface area contributed by atoms with E-state index in [1.54, 1.807) is 6.92 Å². The number of furan rings is 1. The number of allylic oxidation sites excluding steroid dienone is 2. The Kier molecular flexibility index (Phi) is 6.01. The van der Waals surface area contributed by atoms with Crippen molar-refractivity contribution in [1.82, 2.24) is 19.0 Å². The molecule has 1 N–H and O–H groups in total. The highest BCUT2D eigenvalue weighted by Crippen LogP contribution is 2.23. The third kappa shape index (κ3) is 3.95. The molecule has 156 valence electrons. The molecule has 2 aromatic heterocycles. The van der Waals surface area contributed by atoms with Gasteiger partial charge in [0, 0.05) is 5.39 Å². The summed E-state index contributed by atoms with van der Waals surface area (Å²) in [5, 5.41) is 3.61. The molecule has 1 amide bonds. The van der Waals surface area contributed by atoms with E-state index in [1.807, 2.05) is 30.3 Å². The highest BCUT2D eigenvalue weighted by atomic mass is 16.3. The van der Waals surface area contributed by atoms with Crippen molar-refractivity contribution < 1.29 is 9.21 Å². The number of para-hydroxylation sites is 1. The molecule has 0 fully saturated rings. The molecule has 9 heteroatoms. The van der Waals surface area contributed by atoms with Crippen LogP contribution in [0.25, 0.3) is 11.0 Å². The Morgan fingerprint density at radius 1 is 1.03 bits per heavy atom. The fourth-order valence-electron chi connectivity index (χ4n) is 3.11. The summed E-state index contributed by atoms with van der Waals surface area (Å²) in [4.78, 5) is 50.1. The van der Waals surface area contributed by atoms with Gasteiger partial charge >= 0.3 is 17.1 Å². The van der Waals surface area contributed by atoms with E-state index in [1.165, 1.54) is 12.2 Å². The summed E-state index contributed by atoms with van der Waals surface area (Å²) in [5.41, 5.74) is -1.85. The van der Waals surface area contributed by atoms with Crippen molar-refractivity contribution in [2.75, 3.05) is 0 Å². The highest BCUT2D eigenvalue weighted by Gasteiger charge is 2.19. The van der Waals surface area contributed by atoms with Gasteiger partial charge in [-0.05, 0) is 19.1 Å². The summed E-state index contributed by atoms with van der Waals surface area (Å²) >= 11 is 0. The van der Waals surface area contributed by atoms with Crippen LogP contribution >= 0.6 is 0 Å². The van der Waals surface area contributed by atoms with E-state index in [-0.39, 0.29) is 13.1 Å².